The van der Waals surface area contributed by atoms with Crippen LogP contribution in [-0.4, -0.2) is 6.71 Å². The molecule has 4 saturated carbocycles. The van der Waals surface area contributed by atoms with E-state index in [0.717, 1.165) is 29.0 Å². The minimum absolute atomic E-state index is 0.0348. The fraction of sp³-hybridized carbons (Fsp3) is 0.522. The lowest BCUT2D eigenvalue weighted by atomic mass is 9.35. The van der Waals surface area contributed by atoms with Gasteiger partial charge >= 0.3 is 0 Å². The van der Waals surface area contributed by atoms with Gasteiger partial charge in [-0.3, -0.25) is 0 Å². The van der Waals surface area contributed by atoms with Crippen LogP contribution in [0, 0.1) is 24.7 Å². The van der Waals surface area contributed by atoms with Gasteiger partial charge in [-0.1, -0.05) is 127 Å². The maximum absolute atomic E-state index is 7.78. The minimum atomic E-state index is -0.0854. The van der Waals surface area contributed by atoms with Gasteiger partial charge in [0.05, 0.1) is 11.3 Å². The van der Waals surface area contributed by atoms with Crippen LogP contribution in [0.25, 0.3) is 11.0 Å². The van der Waals surface area contributed by atoms with Gasteiger partial charge in [-0.25, -0.2) is 0 Å². The first-order valence-electron chi connectivity index (χ1n) is 28.0. The summed E-state index contributed by atoms with van der Waals surface area (Å²) in [5, 5.41) is 1.26. The summed E-state index contributed by atoms with van der Waals surface area (Å²) in [7, 11) is 0. The van der Waals surface area contributed by atoms with Crippen molar-refractivity contribution in [1.29, 1.82) is 0 Å². The fourth-order valence-corrected chi connectivity index (χ4v) is 16.4. The summed E-state index contributed by atoms with van der Waals surface area (Å²) in [6.07, 6.45) is 13.0. The van der Waals surface area contributed by atoms with Crippen LogP contribution in [0.1, 0.15) is 206 Å². The van der Waals surface area contributed by atoms with Crippen molar-refractivity contribution in [2.75, 3.05) is 9.80 Å². The second kappa shape index (κ2) is 14.5. The summed E-state index contributed by atoms with van der Waals surface area (Å²) >= 11 is 0. The van der Waals surface area contributed by atoms with Crippen molar-refractivity contribution in [2.45, 2.75) is 206 Å². The van der Waals surface area contributed by atoms with Gasteiger partial charge < -0.3 is 14.2 Å². The van der Waals surface area contributed by atoms with Gasteiger partial charge in [0.25, 0.3) is 6.71 Å². The van der Waals surface area contributed by atoms with E-state index >= 15 is 0 Å². The maximum Gasteiger partial charge on any atom is 0.297 e. The van der Waals surface area contributed by atoms with Crippen molar-refractivity contribution < 1.29 is 4.42 Å². The van der Waals surface area contributed by atoms with Crippen LogP contribution >= 0.6 is 0 Å². The first kappa shape index (κ1) is 46.1. The molecular formula is C67H81BN2O. The molecule has 0 unspecified atom stereocenters. The molecule has 0 spiro atoms. The second-order valence-corrected chi connectivity index (χ2v) is 29.5. The summed E-state index contributed by atoms with van der Waals surface area (Å²) in [6, 6.07) is 33.1. The molecule has 3 nitrogen and oxygen atoms in total. The Labute approximate surface area is 427 Å². The van der Waals surface area contributed by atoms with Crippen molar-refractivity contribution in [3.05, 3.63) is 123 Å². The highest BCUT2D eigenvalue weighted by molar-refractivity contribution is 7.00. The van der Waals surface area contributed by atoms with Crippen LogP contribution < -0.4 is 26.4 Å². The Morgan fingerprint density at radius 1 is 0.521 bits per heavy atom. The highest BCUT2D eigenvalue weighted by Gasteiger charge is 2.54. The van der Waals surface area contributed by atoms with Crippen molar-refractivity contribution >= 4 is 68.4 Å². The first-order chi connectivity index (χ1) is 33.2. The molecule has 0 atom stereocenters. The SMILES string of the molecule is Cc1cc(C(C)(C)C)ccc1N1c2ccc(C(C)(C)C)cc2B2c3oc4cc5c(cc4c3N(c3ccc4c(c3)C(C)(C)CCC4(C)C)c3cc(C46CC7CC(CC(C7)C4)C6)cc1c32)C(C)(C)CCC5(C)C. The normalized spacial score (nSPS) is 26.0. The van der Waals surface area contributed by atoms with Gasteiger partial charge in [0, 0.05) is 33.8 Å². The number of fused-ring (bicyclic) bond motifs is 8. The van der Waals surface area contributed by atoms with E-state index in [1.54, 1.807) is 5.56 Å². The third-order valence-electron chi connectivity index (χ3n) is 20.5. The lowest BCUT2D eigenvalue weighted by Crippen LogP contribution is -2.61. The molecule has 5 aromatic carbocycles. The van der Waals surface area contributed by atoms with E-state index in [4.69, 9.17) is 4.42 Å². The topological polar surface area (TPSA) is 19.6 Å². The van der Waals surface area contributed by atoms with E-state index in [2.05, 4.69) is 193 Å². The van der Waals surface area contributed by atoms with Crippen LogP contribution in [0.2, 0.25) is 0 Å². The van der Waals surface area contributed by atoms with E-state index in [9.17, 15) is 0 Å². The number of benzene rings is 5. The Morgan fingerprint density at radius 2 is 1.03 bits per heavy atom. The summed E-state index contributed by atoms with van der Waals surface area (Å²) in [5.41, 5.74) is 24.8. The molecule has 6 aliphatic carbocycles. The molecule has 0 radical (unpaired) electrons. The van der Waals surface area contributed by atoms with Gasteiger partial charge in [0.15, 0.2) is 0 Å². The fourth-order valence-electron chi connectivity index (χ4n) is 16.4. The Bertz CT molecular complexity index is 3210. The van der Waals surface area contributed by atoms with Gasteiger partial charge in [-0.15, -0.1) is 0 Å². The zero-order chi connectivity index (χ0) is 49.9. The number of nitrogens with zero attached hydrogens (tertiary/aromatic N) is 2. The van der Waals surface area contributed by atoms with Crippen LogP contribution in [-0.2, 0) is 37.9 Å². The molecule has 8 aliphatic rings. The van der Waals surface area contributed by atoms with Crippen LogP contribution in [0.3, 0.4) is 0 Å². The van der Waals surface area contributed by atoms with Crippen LogP contribution in [0.4, 0.5) is 34.1 Å². The van der Waals surface area contributed by atoms with Gasteiger partial charge in [-0.2, -0.15) is 0 Å². The Kier molecular flexibility index (Phi) is 9.44. The number of hydrogen-bond donors (Lipinski definition) is 0. The number of hydrogen-bond acceptors (Lipinski definition) is 3. The average molecular weight is 941 g/mol. The Balaban J connectivity index is 1.18. The monoisotopic (exact) mass is 941 g/mol. The predicted octanol–water partition coefficient (Wildman–Crippen LogP) is 16.6. The van der Waals surface area contributed by atoms with Crippen LogP contribution in [0.15, 0.2) is 83.3 Å². The Morgan fingerprint density at radius 3 is 1.59 bits per heavy atom. The molecule has 71 heavy (non-hydrogen) atoms. The van der Waals surface area contributed by atoms with E-state index in [1.807, 2.05) is 0 Å². The molecule has 0 amide bonds. The number of furan rings is 1. The summed E-state index contributed by atoms with van der Waals surface area (Å²) in [4.78, 5) is 5.48. The van der Waals surface area contributed by atoms with Crippen molar-refractivity contribution in [2.24, 2.45) is 17.8 Å². The number of rotatable bonds is 3. The van der Waals surface area contributed by atoms with E-state index < -0.39 is 0 Å². The van der Waals surface area contributed by atoms with E-state index in [-0.39, 0.29) is 44.6 Å². The van der Waals surface area contributed by atoms with Crippen LogP contribution in [0.5, 0.6) is 0 Å². The first-order valence-corrected chi connectivity index (χ1v) is 28.0. The van der Waals surface area contributed by atoms with Crippen molar-refractivity contribution in [1.82, 2.24) is 0 Å². The molecule has 4 fully saturated rings. The van der Waals surface area contributed by atoms with E-state index in [0.29, 0.717) is 0 Å². The van der Waals surface area contributed by atoms with Gasteiger partial charge in [-0.05, 0) is 231 Å². The summed E-state index contributed by atoms with van der Waals surface area (Å²) in [6.45, 7) is 36.3. The third kappa shape index (κ3) is 6.72. The van der Waals surface area contributed by atoms with Gasteiger partial charge in [0.2, 0.25) is 0 Å². The van der Waals surface area contributed by atoms with Crippen molar-refractivity contribution in [3.63, 3.8) is 0 Å². The third-order valence-corrected chi connectivity index (χ3v) is 20.5. The molecule has 1 aromatic heterocycles. The molecule has 6 aromatic rings. The molecular weight excluding hydrogens is 860 g/mol. The van der Waals surface area contributed by atoms with Gasteiger partial charge in [0.1, 0.15) is 5.58 Å². The summed E-state index contributed by atoms with van der Waals surface area (Å²) in [5.74, 6) is 2.52. The molecule has 4 bridgehead atoms. The molecule has 0 N–H and O–H groups in total. The number of aryl methyl sites for hydroxylation is 1. The molecule has 4 heteroatoms. The Hall–Kier alpha value is -4.70. The second-order valence-electron chi connectivity index (χ2n) is 29.5. The highest BCUT2D eigenvalue weighted by atomic mass is 16.3. The van der Waals surface area contributed by atoms with Crippen molar-refractivity contribution in [3.8, 4) is 0 Å². The predicted molar refractivity (Wildman–Crippen MR) is 303 cm³/mol. The summed E-state index contributed by atoms with van der Waals surface area (Å²) < 4.78 is 7.78. The zero-order valence-electron chi connectivity index (χ0n) is 46.2. The molecule has 3 heterocycles. The average Bonchev–Trinajstić information content (AvgIpc) is 3.66. The quantitative estimate of drug-likeness (QED) is 0.165. The highest BCUT2D eigenvalue weighted by Crippen LogP contribution is 2.62. The molecule has 14 rings (SSSR count). The lowest BCUT2D eigenvalue weighted by Gasteiger charge is -2.57. The van der Waals surface area contributed by atoms with E-state index in [1.165, 1.54) is 154 Å². The minimum Gasteiger partial charge on any atom is -0.468 e. The lowest BCUT2D eigenvalue weighted by molar-refractivity contribution is -0.00514. The number of anilines is 6. The maximum atomic E-state index is 7.78. The standard InChI is InChI=1S/C67H81BN2O/c1-39-26-43(61(2,3)4)16-20-53(39)70-54-21-17-44(62(5,6)7)30-52(54)68-58-55(31-45(32-56(58)70)67-36-40-27-41(37-67)29-42(28-40)38-67)69(46-18-19-48-49(33-46)64(10,11)23-22-63(48,8)9)59-47-34-50-51(35-57(47)71-60(59)68)66(14,15)25-24-65(50,12)13/h16-21,26,30-35,40-42H,22-25,27-29,36-38H2,1-15H3. The molecule has 368 valence electrons. The largest absolute Gasteiger partial charge is 0.468 e. The zero-order valence-corrected chi connectivity index (χ0v) is 46.2. The molecule has 0 saturated heterocycles. The molecule has 2 aliphatic heterocycles. The smallest absolute Gasteiger partial charge is 0.297 e.